The largest absolute Gasteiger partial charge is 1.00 e. The summed E-state index contributed by atoms with van der Waals surface area (Å²) in [4.78, 5) is 23.0. The van der Waals surface area contributed by atoms with E-state index in [1.807, 2.05) is 36.4 Å². The summed E-state index contributed by atoms with van der Waals surface area (Å²) in [6.07, 6.45) is 6.65. The summed E-state index contributed by atoms with van der Waals surface area (Å²) < 4.78 is 4.78. The van der Waals surface area contributed by atoms with E-state index in [4.69, 9.17) is 21.3 Å². The molecular weight excluding hydrogens is 1020 g/mol. The molecule has 10 N–H and O–H groups in total. The summed E-state index contributed by atoms with van der Waals surface area (Å²) in [5.74, 6) is -1.47. The summed E-state index contributed by atoms with van der Waals surface area (Å²) in [7, 11) is 2.35. The Morgan fingerprint density at radius 1 is 0.494 bits per heavy atom. The van der Waals surface area contributed by atoms with Crippen molar-refractivity contribution in [2.45, 2.75) is 183 Å². The summed E-state index contributed by atoms with van der Waals surface area (Å²) in [6, 6.07) is 40.9. The van der Waals surface area contributed by atoms with Crippen molar-refractivity contribution in [2.24, 2.45) is 22.3 Å². The minimum atomic E-state index is -1.03. The minimum absolute atomic E-state index is 0. The summed E-state index contributed by atoms with van der Waals surface area (Å²) in [5.41, 5.74) is 30.1. The monoisotopic (exact) mass is 1120 g/mol. The van der Waals surface area contributed by atoms with E-state index in [-0.39, 0.29) is 68.9 Å². The number of rotatable bonds is 20. The Labute approximate surface area is 508 Å². The molecule has 436 valence electrons. The average Bonchev–Trinajstić information content (AvgIpc) is 3.43. The maximum Gasteiger partial charge on any atom is 1.00 e. The van der Waals surface area contributed by atoms with E-state index >= 15 is 0 Å². The number of ether oxygens (including phenoxy) is 1. The zero-order valence-corrected chi connectivity index (χ0v) is 54.2. The van der Waals surface area contributed by atoms with Crippen LogP contribution in [0.4, 0.5) is 0 Å². The van der Waals surface area contributed by atoms with Crippen molar-refractivity contribution in [1.29, 1.82) is 0 Å². The smallest absolute Gasteiger partial charge is 0.480 e. The van der Waals surface area contributed by atoms with Gasteiger partial charge in [0.15, 0.2) is 0 Å². The number of esters is 1. The molecule has 4 atom stereocenters. The zero-order valence-electron chi connectivity index (χ0n) is 52.2. The molecule has 6 rings (SSSR count). The third-order valence-electron chi connectivity index (χ3n) is 17.0. The van der Waals surface area contributed by atoms with Gasteiger partial charge in [-0.15, -0.1) is 0 Å². The number of hydrogen-bond donors (Lipinski definition) is 6. The van der Waals surface area contributed by atoms with E-state index in [9.17, 15) is 24.9 Å². The van der Waals surface area contributed by atoms with Crippen LogP contribution in [0, 0.1) is 38.5 Å². The van der Waals surface area contributed by atoms with Crippen molar-refractivity contribution in [1.82, 2.24) is 0 Å². The number of aliphatic hydroxyl groups excluding tert-OH is 3. The van der Waals surface area contributed by atoms with Crippen LogP contribution in [0.1, 0.15) is 187 Å². The van der Waals surface area contributed by atoms with Crippen LogP contribution in [0.25, 0.3) is 22.3 Å². The Hall–Kier alpha value is -4.98. The predicted molar refractivity (Wildman–Crippen MR) is 331 cm³/mol. The summed E-state index contributed by atoms with van der Waals surface area (Å²) in [6.45, 7) is 30.3. The minimum Gasteiger partial charge on any atom is -0.480 e. The van der Waals surface area contributed by atoms with Gasteiger partial charge >= 0.3 is 41.5 Å². The first-order chi connectivity index (χ1) is 37.2. The van der Waals surface area contributed by atoms with Gasteiger partial charge < -0.3 is 42.1 Å². The molecule has 0 aliphatic heterocycles. The molecule has 0 fully saturated rings. The van der Waals surface area contributed by atoms with Gasteiger partial charge in [0.2, 0.25) is 0 Å². The van der Waals surface area contributed by atoms with Crippen LogP contribution < -0.4 is 41.0 Å². The number of carboxylic acid groups (broad SMARTS) is 1. The third-order valence-corrected chi connectivity index (χ3v) is 17.0. The van der Waals surface area contributed by atoms with Crippen LogP contribution in [0.3, 0.4) is 0 Å². The van der Waals surface area contributed by atoms with Gasteiger partial charge in [-0.05, 0) is 179 Å². The Morgan fingerprint density at radius 2 is 0.790 bits per heavy atom. The summed E-state index contributed by atoms with van der Waals surface area (Å²) >= 11 is 0. The Bertz CT molecular complexity index is 2930. The average molecular weight is 1120 g/mol. The van der Waals surface area contributed by atoms with Crippen LogP contribution in [0.5, 0.6) is 0 Å². The first kappa shape index (κ1) is 72.1. The first-order valence-electron chi connectivity index (χ1n) is 28.5. The molecule has 6 aromatic carbocycles. The number of carbonyl (C=O) groups excluding carboxylic acids is 1. The van der Waals surface area contributed by atoms with Crippen LogP contribution in [0.15, 0.2) is 121 Å². The van der Waals surface area contributed by atoms with Crippen LogP contribution in [-0.2, 0) is 38.0 Å². The summed E-state index contributed by atoms with van der Waals surface area (Å²) in [5, 5.41) is 37.2. The molecule has 2 unspecified atom stereocenters. The molecule has 10 nitrogen and oxygen atoms in total. The van der Waals surface area contributed by atoms with Gasteiger partial charge in [-0.1, -0.05) is 191 Å². The second-order valence-corrected chi connectivity index (χ2v) is 23.8. The molecule has 0 aliphatic rings. The van der Waals surface area contributed by atoms with Gasteiger partial charge in [0.05, 0.1) is 19.3 Å². The topological polar surface area (TPSA) is 208 Å². The van der Waals surface area contributed by atoms with E-state index in [0.717, 1.165) is 80.7 Å². The fraction of sp³-hybridized carbons (Fsp3) is 0.457. The number of methoxy groups -OCH3 is 1. The van der Waals surface area contributed by atoms with Crippen molar-refractivity contribution in [3.63, 3.8) is 0 Å². The number of benzene rings is 6. The third kappa shape index (κ3) is 17.5. The van der Waals surface area contributed by atoms with E-state index in [2.05, 4.69) is 170 Å². The molecule has 0 amide bonds. The van der Waals surface area contributed by atoms with Gasteiger partial charge in [0.25, 0.3) is 0 Å². The van der Waals surface area contributed by atoms with Crippen molar-refractivity contribution in [3.05, 3.63) is 188 Å². The number of carboxylic acids is 1. The number of aliphatic carboxylic acids is 1. The Balaban J connectivity index is 0.000000525. The van der Waals surface area contributed by atoms with E-state index in [1.165, 1.54) is 68.3 Å². The van der Waals surface area contributed by atoms with E-state index in [0.29, 0.717) is 5.56 Å². The maximum atomic E-state index is 11.8. The molecule has 0 aromatic heterocycles. The molecule has 0 saturated carbocycles. The van der Waals surface area contributed by atoms with Crippen molar-refractivity contribution in [2.75, 3.05) is 14.2 Å². The van der Waals surface area contributed by atoms with Crippen molar-refractivity contribution >= 4 is 11.9 Å². The number of carbonyl (C=O) groups is 2. The number of hydrogen-bond acceptors (Lipinski definition) is 8. The fourth-order valence-electron chi connectivity index (χ4n) is 11.2. The number of nitrogens with two attached hydrogens (primary N) is 2. The Morgan fingerprint density at radius 3 is 1.05 bits per heavy atom. The van der Waals surface area contributed by atoms with Gasteiger partial charge in [0, 0.05) is 17.9 Å². The molecular formula is C70H98N2NaO8+. The molecule has 0 spiro atoms. The van der Waals surface area contributed by atoms with Crippen LogP contribution in [0.2, 0.25) is 0 Å². The molecule has 0 heterocycles. The Kier molecular flexibility index (Phi) is 28.2. The fourth-order valence-corrected chi connectivity index (χ4v) is 11.2. The molecule has 0 saturated heterocycles. The molecule has 81 heavy (non-hydrogen) atoms. The van der Waals surface area contributed by atoms with Gasteiger partial charge in [-0.3, -0.25) is 9.59 Å². The molecule has 11 heteroatoms. The second-order valence-electron chi connectivity index (χ2n) is 23.8. The van der Waals surface area contributed by atoms with Gasteiger partial charge in [0.1, 0.15) is 12.1 Å². The van der Waals surface area contributed by atoms with Crippen molar-refractivity contribution in [3.8, 4) is 22.3 Å². The van der Waals surface area contributed by atoms with Gasteiger partial charge in [-0.2, -0.15) is 0 Å². The molecule has 0 bridgehead atoms. The predicted octanol–water partition coefficient (Wildman–Crippen LogP) is 10.9. The SMILES string of the molecule is CCC(CC)(c1ccc(CCC(O)C(C)(C)C)c(C)c1)c1ccc(-c2ccc([C@H](N)C(=O)O)cc2)c(C)c1.CCC(CC)(c1ccc(CCC(O)C(C)(C)C)c(C)c1)c1ccc(-c2ccc([C@H](N)C(=O)OC)cc2)c(C)c1.CO.O.[Na+]. The quantitative estimate of drug-likeness (QED) is 0.0317. The van der Waals surface area contributed by atoms with E-state index in [1.54, 1.807) is 12.1 Å². The molecule has 0 radical (unpaired) electrons. The number of aryl methyl sites for hydroxylation is 6. The molecule has 6 aromatic rings. The van der Waals surface area contributed by atoms with Crippen molar-refractivity contribution < 1.29 is 69.8 Å². The number of aliphatic hydroxyl groups is 3. The van der Waals surface area contributed by atoms with Gasteiger partial charge in [-0.25, -0.2) is 0 Å². The van der Waals surface area contributed by atoms with Crippen LogP contribution in [-0.4, -0.2) is 64.3 Å². The van der Waals surface area contributed by atoms with E-state index < -0.39 is 24.0 Å². The van der Waals surface area contributed by atoms with Crippen LogP contribution >= 0.6 is 0 Å². The standard InChI is InChI=1S/C35H47NO3.C34H45NO3.CH4O.Na.H2O/c1-9-35(10-2,28-17-15-25(23(3)21-28)16-20-31(37)34(5,6)7)29-18-19-30(24(4)22-29)26-11-13-27(14-12-26)32(36)33(38)39-8;1-8-34(9-2,27-16-14-24(22(3)20-27)15-19-30(36)33(5,6)7)28-17-18-29(23(4)21-28)25-10-12-26(13-11-25)31(35)32(37)38;1-2;;/h11-15,17-19,21-22,31-32,37H,9-10,16,20,36H2,1-8H3;10-14,16-18,20-21,30-31,36H,8-9,15,19,35H2,1-7H3,(H,37,38);2H,1H3;;1H2/q;;;+1;/t31?,32-;30?,31-;;;/m00.../s1. The first-order valence-corrected chi connectivity index (χ1v) is 28.5. The maximum absolute atomic E-state index is 11.8. The normalized spacial score (nSPS) is 13.1. The zero-order chi connectivity index (χ0) is 59.2. The second kappa shape index (κ2) is 31.6. The molecule has 0 aliphatic carbocycles.